The summed E-state index contributed by atoms with van der Waals surface area (Å²) in [5, 5.41) is 3.71. The maximum atomic E-state index is 12.4. The molecule has 1 rings (SSSR count). The zero-order chi connectivity index (χ0) is 14.4. The van der Waals surface area contributed by atoms with Crippen molar-refractivity contribution in [2.75, 3.05) is 12.3 Å². The summed E-state index contributed by atoms with van der Waals surface area (Å²) in [7, 11) is -0.798. The smallest absolute Gasteiger partial charge is 0.0439 e. The molecular formula is C16H27NOS. The predicted molar refractivity (Wildman–Crippen MR) is 84.9 cm³/mol. The highest BCUT2D eigenvalue weighted by atomic mass is 32.2. The quantitative estimate of drug-likeness (QED) is 0.829. The average molecular weight is 281 g/mol. The van der Waals surface area contributed by atoms with Crippen molar-refractivity contribution in [3.8, 4) is 0 Å². The van der Waals surface area contributed by atoms with Crippen molar-refractivity contribution in [2.45, 2.75) is 45.9 Å². The Morgan fingerprint density at radius 2 is 1.84 bits per heavy atom. The van der Waals surface area contributed by atoms with Crippen LogP contribution in [0.3, 0.4) is 0 Å². The van der Waals surface area contributed by atoms with Gasteiger partial charge in [0.25, 0.3) is 0 Å². The summed E-state index contributed by atoms with van der Waals surface area (Å²) in [5.74, 6) is 1.15. The first-order chi connectivity index (χ1) is 8.97. The highest BCUT2D eigenvalue weighted by molar-refractivity contribution is 7.85. The summed E-state index contributed by atoms with van der Waals surface area (Å²) in [6.45, 7) is 11.5. The minimum atomic E-state index is -0.798. The maximum Gasteiger partial charge on any atom is 0.0439 e. The lowest BCUT2D eigenvalue weighted by Crippen LogP contribution is -2.31. The SMILES string of the molecule is CCNC(CS(=O)C(C)C(C)C)c1ccccc1C. The molecule has 1 aromatic rings. The van der Waals surface area contributed by atoms with Crippen LogP contribution in [0.2, 0.25) is 0 Å². The van der Waals surface area contributed by atoms with Crippen molar-refractivity contribution in [2.24, 2.45) is 5.92 Å². The Hall–Kier alpha value is -0.670. The van der Waals surface area contributed by atoms with Crippen LogP contribution < -0.4 is 5.32 Å². The molecule has 0 bridgehead atoms. The van der Waals surface area contributed by atoms with E-state index in [2.05, 4.69) is 64.2 Å². The zero-order valence-electron chi connectivity index (χ0n) is 12.8. The fourth-order valence-electron chi connectivity index (χ4n) is 2.10. The van der Waals surface area contributed by atoms with E-state index in [0.29, 0.717) is 11.7 Å². The Bertz CT molecular complexity index is 417. The highest BCUT2D eigenvalue weighted by Crippen LogP contribution is 2.21. The van der Waals surface area contributed by atoms with Crippen molar-refractivity contribution in [3.63, 3.8) is 0 Å². The minimum absolute atomic E-state index is 0.188. The van der Waals surface area contributed by atoms with Crippen LogP contribution in [0.5, 0.6) is 0 Å². The Labute approximate surface area is 120 Å². The van der Waals surface area contributed by atoms with E-state index >= 15 is 0 Å². The molecule has 3 unspecified atom stereocenters. The van der Waals surface area contributed by atoms with Gasteiger partial charge in [0.15, 0.2) is 0 Å². The van der Waals surface area contributed by atoms with Gasteiger partial charge < -0.3 is 5.32 Å². The van der Waals surface area contributed by atoms with E-state index in [1.54, 1.807) is 0 Å². The van der Waals surface area contributed by atoms with E-state index in [1.807, 2.05) is 0 Å². The van der Waals surface area contributed by atoms with Gasteiger partial charge >= 0.3 is 0 Å². The van der Waals surface area contributed by atoms with Gasteiger partial charge in [-0.05, 0) is 30.5 Å². The van der Waals surface area contributed by atoms with Gasteiger partial charge in [0.2, 0.25) is 0 Å². The van der Waals surface area contributed by atoms with Crippen LogP contribution in [0, 0.1) is 12.8 Å². The Balaban J connectivity index is 2.85. The number of hydrogen-bond acceptors (Lipinski definition) is 2. The minimum Gasteiger partial charge on any atom is -0.309 e. The summed E-state index contributed by atoms with van der Waals surface area (Å²) in [4.78, 5) is 0. The van der Waals surface area contributed by atoms with E-state index < -0.39 is 10.8 Å². The lowest BCUT2D eigenvalue weighted by Gasteiger charge is -2.23. The molecule has 0 aliphatic heterocycles. The molecule has 3 heteroatoms. The molecule has 0 spiro atoms. The third-order valence-corrected chi connectivity index (χ3v) is 5.73. The largest absolute Gasteiger partial charge is 0.309 e. The van der Waals surface area contributed by atoms with Gasteiger partial charge in [0.05, 0.1) is 0 Å². The highest BCUT2D eigenvalue weighted by Gasteiger charge is 2.21. The average Bonchev–Trinajstić information content (AvgIpc) is 2.37. The third-order valence-electron chi connectivity index (χ3n) is 3.70. The fourth-order valence-corrected chi connectivity index (χ4v) is 3.64. The summed E-state index contributed by atoms with van der Waals surface area (Å²) in [6.07, 6.45) is 0. The second kappa shape index (κ2) is 7.81. The number of nitrogens with one attached hydrogen (secondary N) is 1. The lowest BCUT2D eigenvalue weighted by atomic mass is 10.0. The number of hydrogen-bond donors (Lipinski definition) is 1. The standard InChI is InChI=1S/C16H27NOS/c1-6-17-16(11-19(18)14(5)12(2)3)15-10-8-7-9-13(15)4/h7-10,12,14,16-17H,6,11H2,1-5H3. The maximum absolute atomic E-state index is 12.4. The molecule has 0 heterocycles. The van der Waals surface area contributed by atoms with Crippen LogP contribution in [0.1, 0.15) is 44.9 Å². The first-order valence-electron chi connectivity index (χ1n) is 7.13. The molecule has 108 valence electrons. The first kappa shape index (κ1) is 16.4. The van der Waals surface area contributed by atoms with E-state index in [4.69, 9.17) is 0 Å². The van der Waals surface area contributed by atoms with Gasteiger partial charge in [-0.1, -0.05) is 52.0 Å². The summed E-state index contributed by atoms with van der Waals surface area (Å²) in [5.41, 5.74) is 2.54. The molecule has 0 radical (unpaired) electrons. The van der Waals surface area contributed by atoms with Crippen molar-refractivity contribution in [3.05, 3.63) is 35.4 Å². The fraction of sp³-hybridized carbons (Fsp3) is 0.625. The van der Waals surface area contributed by atoms with Crippen LogP contribution in [0.4, 0.5) is 0 Å². The molecule has 3 atom stereocenters. The van der Waals surface area contributed by atoms with Crippen LogP contribution in [0.15, 0.2) is 24.3 Å². The second-order valence-electron chi connectivity index (χ2n) is 5.46. The molecule has 0 aliphatic carbocycles. The van der Waals surface area contributed by atoms with Crippen molar-refractivity contribution < 1.29 is 4.21 Å². The summed E-state index contributed by atoms with van der Waals surface area (Å²) in [6, 6.07) is 8.55. The van der Waals surface area contributed by atoms with Gasteiger partial charge in [-0.3, -0.25) is 4.21 Å². The Morgan fingerprint density at radius 1 is 1.21 bits per heavy atom. The van der Waals surface area contributed by atoms with Crippen LogP contribution in [-0.2, 0) is 10.8 Å². The van der Waals surface area contributed by atoms with Crippen LogP contribution >= 0.6 is 0 Å². The summed E-state index contributed by atoms with van der Waals surface area (Å²) < 4.78 is 12.4. The topological polar surface area (TPSA) is 29.1 Å². The zero-order valence-corrected chi connectivity index (χ0v) is 13.6. The predicted octanol–water partition coefficient (Wildman–Crippen LogP) is 3.44. The van der Waals surface area contributed by atoms with Gasteiger partial charge in [0.1, 0.15) is 0 Å². The molecule has 0 saturated carbocycles. The molecule has 1 aromatic carbocycles. The molecule has 0 amide bonds. The molecule has 0 saturated heterocycles. The summed E-state index contributed by atoms with van der Waals surface area (Å²) >= 11 is 0. The van der Waals surface area contributed by atoms with E-state index in [-0.39, 0.29) is 11.3 Å². The molecule has 0 aromatic heterocycles. The van der Waals surface area contributed by atoms with Crippen molar-refractivity contribution >= 4 is 10.8 Å². The number of rotatable bonds is 7. The molecule has 0 aliphatic rings. The van der Waals surface area contributed by atoms with Gasteiger partial charge in [-0.2, -0.15) is 0 Å². The lowest BCUT2D eigenvalue weighted by molar-refractivity contribution is 0.572. The molecular weight excluding hydrogens is 254 g/mol. The van der Waals surface area contributed by atoms with Crippen LogP contribution in [0.25, 0.3) is 0 Å². The number of benzene rings is 1. The molecule has 2 nitrogen and oxygen atoms in total. The van der Waals surface area contributed by atoms with Crippen LogP contribution in [-0.4, -0.2) is 21.8 Å². The van der Waals surface area contributed by atoms with E-state index in [1.165, 1.54) is 11.1 Å². The second-order valence-corrected chi connectivity index (χ2v) is 7.30. The Morgan fingerprint density at radius 3 is 2.37 bits per heavy atom. The van der Waals surface area contributed by atoms with Crippen molar-refractivity contribution in [1.82, 2.24) is 5.32 Å². The number of aryl methyl sites for hydroxylation is 1. The Kier molecular flexibility index (Phi) is 6.73. The third kappa shape index (κ3) is 4.73. The van der Waals surface area contributed by atoms with Crippen molar-refractivity contribution in [1.29, 1.82) is 0 Å². The van der Waals surface area contributed by atoms with Gasteiger partial charge in [-0.15, -0.1) is 0 Å². The normalized spacial score (nSPS) is 16.3. The van der Waals surface area contributed by atoms with E-state index in [0.717, 1.165) is 6.54 Å². The van der Waals surface area contributed by atoms with E-state index in [9.17, 15) is 4.21 Å². The van der Waals surface area contributed by atoms with Gasteiger partial charge in [-0.25, -0.2) is 0 Å². The molecule has 19 heavy (non-hydrogen) atoms. The van der Waals surface area contributed by atoms with Gasteiger partial charge in [0, 0.05) is 27.8 Å². The monoisotopic (exact) mass is 281 g/mol. The molecule has 1 N–H and O–H groups in total. The molecule has 0 fully saturated rings. The first-order valence-corrected chi connectivity index (χ1v) is 8.51.